The second kappa shape index (κ2) is 35.0. The summed E-state index contributed by atoms with van der Waals surface area (Å²) in [5.41, 5.74) is 4.43. The van der Waals surface area contributed by atoms with Crippen LogP contribution in [0.4, 0.5) is 4.79 Å². The molecule has 2 aromatic rings. The van der Waals surface area contributed by atoms with Gasteiger partial charge in [-0.25, -0.2) is 4.79 Å². The Kier molecular flexibility index (Phi) is 41.3. The van der Waals surface area contributed by atoms with E-state index in [0.717, 1.165) is 22.3 Å². The molecule has 0 bridgehead atoms. The van der Waals surface area contributed by atoms with Gasteiger partial charge in [0.05, 0.1) is 6.04 Å². The molecule has 2 aromatic carbocycles. The summed E-state index contributed by atoms with van der Waals surface area (Å²) in [5, 5.41) is 16.0. The number of ketones is 2. The molecular formula is C43H77N3O10S4. The molecule has 13 nitrogen and oxygen atoms in total. The Morgan fingerprint density at radius 3 is 1.48 bits per heavy atom. The second-order valence-corrected chi connectivity index (χ2v) is 13.8. The van der Waals surface area contributed by atoms with Crippen molar-refractivity contribution in [2.45, 2.75) is 110 Å². The minimum atomic E-state index is -1.16. The smallest absolute Gasteiger partial charge is 0.407 e. The zero-order valence-electron chi connectivity index (χ0n) is 33.3. The van der Waals surface area contributed by atoms with Crippen LogP contribution in [0.3, 0.4) is 0 Å². The number of ether oxygens (including phenoxy) is 2. The Morgan fingerprint density at radius 2 is 1.07 bits per heavy atom. The van der Waals surface area contributed by atoms with Crippen molar-refractivity contribution in [1.29, 1.82) is 0 Å². The van der Waals surface area contributed by atoms with Crippen molar-refractivity contribution in [2.75, 3.05) is 19.9 Å². The minimum Gasteiger partial charge on any atom is -0.480 e. The number of benzene rings is 2. The minimum absolute atomic E-state index is 0. The molecule has 3 amide bonds. The van der Waals surface area contributed by atoms with Crippen molar-refractivity contribution < 1.29 is 48.1 Å². The van der Waals surface area contributed by atoms with E-state index in [1.807, 2.05) is 57.2 Å². The van der Waals surface area contributed by atoms with Crippen LogP contribution in [0.5, 0.6) is 0 Å². The first-order valence-corrected chi connectivity index (χ1v) is 17.5. The fraction of sp³-hybridized carbons (Fsp3) is 0.558. The zero-order valence-corrected chi connectivity index (χ0v) is 37.3. The van der Waals surface area contributed by atoms with Gasteiger partial charge in [0.1, 0.15) is 18.9 Å². The summed E-state index contributed by atoms with van der Waals surface area (Å²) in [7, 11) is 0. The lowest BCUT2D eigenvalue weighted by Crippen LogP contribution is -2.46. The first-order valence-electron chi connectivity index (χ1n) is 17.5. The van der Waals surface area contributed by atoms with Crippen molar-refractivity contribution in [3.63, 3.8) is 0 Å². The van der Waals surface area contributed by atoms with E-state index >= 15 is 0 Å². The topological polar surface area (TPSA) is 194 Å². The predicted molar refractivity (Wildman–Crippen MR) is 262 cm³/mol. The fourth-order valence-corrected chi connectivity index (χ4v) is 5.58. The van der Waals surface area contributed by atoms with Gasteiger partial charge in [-0.15, -0.1) is 0 Å². The molecule has 1 aliphatic rings. The monoisotopic (exact) mass is 923 g/mol. The van der Waals surface area contributed by atoms with Crippen LogP contribution in [0.1, 0.15) is 115 Å². The lowest BCUT2D eigenvalue weighted by atomic mass is 9.88. The standard InChI is InChI=1S/C26H30N2O6.C13H23NO4.4CH4.4H2S/c1-15(2)24(22(29)12-16(3)25(32)27-13-23(30)31)28-26(33)34-14-21-19-10-6-4-8-17(19)18-9-5-7-11-20(18)21;1-8(2)10(4)12(16)6-9(3)13(17)14-7-18-11(5)15;;;;;;;;/h4-11,15-16,21,24H,12-14H2,1-3H3,(H,27,32)(H,28,33)(H,30,31);8-10H,6-7H2,1-5H3,(H,14,17);4*1H4;4*1H2/t16-,24+;9-,10+;;;;;;;;/m11......../s1. The maximum absolute atomic E-state index is 12.8. The van der Waals surface area contributed by atoms with E-state index in [2.05, 4.69) is 32.8 Å². The van der Waals surface area contributed by atoms with Gasteiger partial charge >= 0.3 is 18.0 Å². The molecule has 1 aliphatic carbocycles. The molecule has 0 spiro atoms. The number of amides is 3. The summed E-state index contributed by atoms with van der Waals surface area (Å²) >= 11 is 0. The van der Waals surface area contributed by atoms with Crippen LogP contribution in [-0.4, -0.2) is 72.4 Å². The quantitative estimate of drug-likeness (QED) is 0.0897. The Morgan fingerprint density at radius 1 is 0.633 bits per heavy atom. The molecule has 17 heteroatoms. The summed E-state index contributed by atoms with van der Waals surface area (Å²) < 4.78 is 10.1. The molecule has 0 unspecified atom stereocenters. The zero-order chi connectivity index (χ0) is 39.1. The normalized spacial score (nSPS) is 12.1. The van der Waals surface area contributed by atoms with E-state index in [0.29, 0.717) is 0 Å². The number of alkyl carbamates (subject to hydrolysis) is 1. The number of carbonyl (C=O) groups is 7. The lowest BCUT2D eigenvalue weighted by molar-refractivity contribution is -0.143. The number of rotatable bonds is 17. The Labute approximate surface area is 387 Å². The second-order valence-electron chi connectivity index (χ2n) is 13.8. The summed E-state index contributed by atoms with van der Waals surface area (Å²) in [5.74, 6) is -3.88. The molecule has 0 saturated carbocycles. The van der Waals surface area contributed by atoms with E-state index in [9.17, 15) is 33.6 Å². The molecule has 60 heavy (non-hydrogen) atoms. The van der Waals surface area contributed by atoms with Gasteiger partial charge < -0.3 is 30.5 Å². The average Bonchev–Trinajstić information content (AvgIpc) is 3.41. The summed E-state index contributed by atoms with van der Waals surface area (Å²) in [4.78, 5) is 82.0. The van der Waals surface area contributed by atoms with Crippen LogP contribution in [0.15, 0.2) is 48.5 Å². The SMILES string of the molecule is C.C.C.C.CC(=O)OCNC(=O)[C@H](C)CC(=O)[C@@H](C)C(C)C.CC(C)[C@H](NC(=O)OCC1c2ccccc2-c2ccccc21)C(=O)C[C@@H](C)C(=O)NCC(=O)O.S.S.S.S. The lowest BCUT2D eigenvalue weighted by Gasteiger charge is -2.23. The highest BCUT2D eigenvalue weighted by Gasteiger charge is 2.31. The van der Waals surface area contributed by atoms with E-state index < -0.39 is 48.4 Å². The van der Waals surface area contributed by atoms with Crippen LogP contribution in [-0.2, 0) is 38.2 Å². The first-order chi connectivity index (χ1) is 24.4. The first kappa shape index (κ1) is 70.9. The number of carbonyl (C=O) groups excluding carboxylic acids is 6. The number of nitrogens with one attached hydrogen (secondary N) is 3. The third kappa shape index (κ3) is 22.8. The molecular weight excluding hydrogens is 847 g/mol. The van der Waals surface area contributed by atoms with E-state index in [-0.39, 0.29) is 151 Å². The number of fused-ring (bicyclic) bond motifs is 3. The number of hydrogen-bond acceptors (Lipinski definition) is 9. The predicted octanol–water partition coefficient (Wildman–Crippen LogP) is 7.85. The third-order valence-electron chi connectivity index (χ3n) is 8.98. The fourth-order valence-electron chi connectivity index (χ4n) is 5.58. The maximum Gasteiger partial charge on any atom is 0.407 e. The Bertz CT molecular complexity index is 1560. The molecule has 3 rings (SSSR count). The summed E-state index contributed by atoms with van der Waals surface area (Å²) in [6, 6.07) is 15.2. The summed E-state index contributed by atoms with van der Waals surface area (Å²) in [6.45, 7) is 13.4. The van der Waals surface area contributed by atoms with Gasteiger partial charge in [0.25, 0.3) is 0 Å². The third-order valence-corrected chi connectivity index (χ3v) is 8.98. The number of esters is 1. The highest BCUT2D eigenvalue weighted by atomic mass is 32.1. The van der Waals surface area contributed by atoms with Gasteiger partial charge in [-0.3, -0.25) is 28.8 Å². The molecule has 348 valence electrons. The van der Waals surface area contributed by atoms with Crippen LogP contribution >= 0.6 is 54.0 Å². The van der Waals surface area contributed by atoms with Gasteiger partial charge in [0.15, 0.2) is 12.5 Å². The molecule has 0 fully saturated rings. The van der Waals surface area contributed by atoms with Crippen LogP contribution in [0.25, 0.3) is 11.1 Å². The molecule has 0 saturated heterocycles. The highest BCUT2D eigenvalue weighted by Crippen LogP contribution is 2.44. The Balaban J connectivity index is -0.000000190. The number of hydrogen-bond donors (Lipinski definition) is 4. The number of Topliss-reactive ketones (excluding diaryl/α,β-unsaturated/α-hetero) is 2. The highest BCUT2D eigenvalue weighted by molar-refractivity contribution is 7.59. The van der Waals surface area contributed by atoms with E-state index in [1.54, 1.807) is 27.7 Å². The molecule has 0 radical (unpaired) electrons. The average molecular weight is 924 g/mol. The van der Waals surface area contributed by atoms with E-state index in [1.165, 1.54) is 6.92 Å². The van der Waals surface area contributed by atoms with Crippen molar-refractivity contribution in [2.24, 2.45) is 29.6 Å². The molecule has 0 aliphatic heterocycles. The van der Waals surface area contributed by atoms with Crippen molar-refractivity contribution in [1.82, 2.24) is 16.0 Å². The van der Waals surface area contributed by atoms with Crippen molar-refractivity contribution >= 4 is 95.4 Å². The van der Waals surface area contributed by atoms with E-state index in [4.69, 9.17) is 9.84 Å². The van der Waals surface area contributed by atoms with Gasteiger partial charge in [0.2, 0.25) is 11.8 Å². The van der Waals surface area contributed by atoms with Crippen molar-refractivity contribution in [3.8, 4) is 11.1 Å². The van der Waals surface area contributed by atoms with Crippen molar-refractivity contribution in [3.05, 3.63) is 59.7 Å². The van der Waals surface area contributed by atoms with Gasteiger partial charge in [-0.2, -0.15) is 54.0 Å². The van der Waals surface area contributed by atoms with Crippen LogP contribution in [0, 0.1) is 29.6 Å². The molecule has 4 N–H and O–H groups in total. The Hall–Kier alpha value is -3.67. The van der Waals surface area contributed by atoms with Gasteiger partial charge in [0, 0.05) is 43.4 Å². The van der Waals surface area contributed by atoms with Gasteiger partial charge in [-0.05, 0) is 34.1 Å². The van der Waals surface area contributed by atoms with Crippen LogP contribution in [0.2, 0.25) is 0 Å². The maximum atomic E-state index is 12.8. The molecule has 4 atom stereocenters. The number of carboxylic acids is 1. The largest absolute Gasteiger partial charge is 0.480 e. The van der Waals surface area contributed by atoms with Crippen LogP contribution < -0.4 is 16.0 Å². The summed E-state index contributed by atoms with van der Waals surface area (Å²) in [6.07, 6.45) is -0.611. The van der Waals surface area contributed by atoms with Gasteiger partial charge in [-0.1, -0.05) is 127 Å². The number of carboxylic acid groups (broad SMARTS) is 1. The molecule has 0 heterocycles. The molecule has 0 aromatic heterocycles. The number of aliphatic carboxylic acids is 1.